The van der Waals surface area contributed by atoms with Crippen LogP contribution in [-0.2, 0) is 0 Å². The molecular weight excluding hydrogens is 663 g/mol. The van der Waals surface area contributed by atoms with E-state index in [2.05, 4.69) is 229 Å². The van der Waals surface area contributed by atoms with Gasteiger partial charge in [-0.05, 0) is 125 Å². The maximum atomic E-state index is 2.44. The maximum absolute atomic E-state index is 2.44. The van der Waals surface area contributed by atoms with Gasteiger partial charge in [0.25, 0.3) is 0 Å². The molecule has 0 saturated heterocycles. The number of para-hydroxylation sites is 2. The molecule has 0 atom stereocenters. The Balaban J connectivity index is 1.30. The molecule has 55 heavy (non-hydrogen) atoms. The van der Waals surface area contributed by atoms with Crippen molar-refractivity contribution in [2.75, 3.05) is 4.90 Å². The van der Waals surface area contributed by atoms with E-state index in [9.17, 15) is 0 Å². The van der Waals surface area contributed by atoms with Crippen molar-refractivity contribution >= 4 is 49.4 Å². The Bertz CT molecular complexity index is 2880. The number of benzene rings is 10. The molecule has 258 valence electrons. The van der Waals surface area contributed by atoms with Gasteiger partial charge < -0.3 is 4.90 Å². The summed E-state index contributed by atoms with van der Waals surface area (Å²) in [6.07, 6.45) is 0. The van der Waals surface area contributed by atoms with Crippen molar-refractivity contribution in [3.63, 3.8) is 0 Å². The zero-order chi connectivity index (χ0) is 36.6. The van der Waals surface area contributed by atoms with E-state index in [1.54, 1.807) is 0 Å². The van der Waals surface area contributed by atoms with Crippen molar-refractivity contribution in [1.29, 1.82) is 0 Å². The molecule has 0 saturated carbocycles. The lowest BCUT2D eigenvalue weighted by Crippen LogP contribution is -2.09. The molecule has 0 radical (unpaired) electrons. The fourth-order valence-electron chi connectivity index (χ4n) is 8.33. The van der Waals surface area contributed by atoms with Gasteiger partial charge in [-0.15, -0.1) is 0 Å². The fraction of sp³-hybridized carbons (Fsp3) is 0. The van der Waals surface area contributed by atoms with Crippen molar-refractivity contribution in [2.24, 2.45) is 0 Å². The first-order valence-corrected chi connectivity index (χ1v) is 18.9. The summed E-state index contributed by atoms with van der Waals surface area (Å²) in [5.41, 5.74) is 13.1. The van der Waals surface area contributed by atoms with E-state index < -0.39 is 0 Å². The molecule has 0 heterocycles. The first-order chi connectivity index (χ1) is 27.3. The molecule has 0 aliphatic carbocycles. The van der Waals surface area contributed by atoms with Crippen LogP contribution in [-0.4, -0.2) is 0 Å². The average molecular weight is 700 g/mol. The van der Waals surface area contributed by atoms with Gasteiger partial charge in [-0.3, -0.25) is 0 Å². The molecule has 0 spiro atoms. The van der Waals surface area contributed by atoms with E-state index in [0.29, 0.717) is 0 Å². The second kappa shape index (κ2) is 14.0. The standard InChI is InChI=1S/C54H37N/c1-6-18-38(19-7-1)42-32-35-48-51(36-42)46-28-16-17-29-47(46)53-50(37-49(39-20-8-2-9-21-39)52(54(48)53)41-22-10-3-11-23-41)40-30-33-45(34-31-40)55(43-24-12-4-13-25-43)44-26-14-5-15-27-44/h1-37H. The minimum absolute atomic E-state index is 1.11. The highest BCUT2D eigenvalue weighted by Crippen LogP contribution is 2.49. The molecule has 0 aliphatic heterocycles. The SMILES string of the molecule is c1ccc(-c2ccc3c(c2)c2ccccc2c2c(-c4ccc(N(c5ccccc5)c5ccccc5)cc4)cc(-c4ccccc4)c(-c4ccccc4)c32)cc1. The van der Waals surface area contributed by atoms with Gasteiger partial charge in [-0.1, -0.05) is 176 Å². The van der Waals surface area contributed by atoms with E-state index in [4.69, 9.17) is 0 Å². The number of nitrogens with zero attached hydrogens (tertiary/aromatic N) is 1. The molecule has 0 fully saturated rings. The van der Waals surface area contributed by atoms with Gasteiger partial charge in [-0.25, -0.2) is 0 Å². The molecule has 1 nitrogen and oxygen atoms in total. The summed E-state index contributed by atoms with van der Waals surface area (Å²) in [5.74, 6) is 0. The molecule has 10 aromatic rings. The minimum Gasteiger partial charge on any atom is -0.311 e. The second-order valence-corrected chi connectivity index (χ2v) is 14.1. The number of rotatable bonds is 7. The number of anilines is 3. The zero-order valence-electron chi connectivity index (χ0n) is 30.3. The Morgan fingerprint density at radius 1 is 0.236 bits per heavy atom. The van der Waals surface area contributed by atoms with Crippen LogP contribution in [0.25, 0.3) is 76.8 Å². The van der Waals surface area contributed by atoms with Crippen molar-refractivity contribution in [1.82, 2.24) is 0 Å². The van der Waals surface area contributed by atoms with Crippen LogP contribution in [0.5, 0.6) is 0 Å². The molecule has 1 heteroatoms. The highest BCUT2D eigenvalue weighted by Gasteiger charge is 2.22. The lowest BCUT2D eigenvalue weighted by atomic mass is 9.81. The molecular formula is C54H37N. The Morgan fingerprint density at radius 3 is 1.27 bits per heavy atom. The lowest BCUT2D eigenvalue weighted by Gasteiger charge is -2.26. The quantitative estimate of drug-likeness (QED) is 0.150. The summed E-state index contributed by atoms with van der Waals surface area (Å²) in [5, 5.41) is 7.56. The first kappa shape index (κ1) is 32.4. The summed E-state index contributed by atoms with van der Waals surface area (Å²) in [4.78, 5) is 2.32. The van der Waals surface area contributed by atoms with E-state index >= 15 is 0 Å². The molecule has 0 N–H and O–H groups in total. The van der Waals surface area contributed by atoms with Crippen LogP contribution in [0.2, 0.25) is 0 Å². The Morgan fingerprint density at radius 2 is 0.673 bits per heavy atom. The van der Waals surface area contributed by atoms with Gasteiger partial charge in [0.2, 0.25) is 0 Å². The van der Waals surface area contributed by atoms with Crippen LogP contribution in [0.3, 0.4) is 0 Å². The molecule has 10 rings (SSSR count). The summed E-state index contributed by atoms with van der Waals surface area (Å²) in [7, 11) is 0. The lowest BCUT2D eigenvalue weighted by molar-refractivity contribution is 1.28. The Kier molecular flexibility index (Phi) is 8.24. The number of fused-ring (bicyclic) bond motifs is 6. The van der Waals surface area contributed by atoms with Gasteiger partial charge >= 0.3 is 0 Å². The summed E-state index contributed by atoms with van der Waals surface area (Å²) in [6, 6.07) is 81.4. The number of hydrogen-bond acceptors (Lipinski definition) is 1. The van der Waals surface area contributed by atoms with Crippen LogP contribution >= 0.6 is 0 Å². The summed E-state index contributed by atoms with van der Waals surface area (Å²) >= 11 is 0. The topological polar surface area (TPSA) is 3.24 Å². The Labute approximate surface area is 322 Å². The van der Waals surface area contributed by atoms with E-state index in [0.717, 1.165) is 17.1 Å². The smallest absolute Gasteiger partial charge is 0.0462 e. The first-order valence-electron chi connectivity index (χ1n) is 18.9. The van der Waals surface area contributed by atoms with Crippen LogP contribution in [0.1, 0.15) is 0 Å². The van der Waals surface area contributed by atoms with Crippen molar-refractivity contribution in [3.8, 4) is 44.5 Å². The van der Waals surface area contributed by atoms with Gasteiger partial charge in [0.1, 0.15) is 0 Å². The van der Waals surface area contributed by atoms with E-state index in [1.165, 1.54) is 76.8 Å². The van der Waals surface area contributed by atoms with E-state index in [1.807, 2.05) is 0 Å². The highest BCUT2D eigenvalue weighted by atomic mass is 15.1. The van der Waals surface area contributed by atoms with Gasteiger partial charge in [0.15, 0.2) is 0 Å². The minimum atomic E-state index is 1.11. The van der Waals surface area contributed by atoms with Crippen LogP contribution in [0.4, 0.5) is 17.1 Å². The van der Waals surface area contributed by atoms with Crippen LogP contribution in [0, 0.1) is 0 Å². The summed E-state index contributed by atoms with van der Waals surface area (Å²) in [6.45, 7) is 0. The van der Waals surface area contributed by atoms with Crippen molar-refractivity contribution in [2.45, 2.75) is 0 Å². The Hall–Kier alpha value is -7.22. The molecule has 0 amide bonds. The second-order valence-electron chi connectivity index (χ2n) is 14.1. The van der Waals surface area contributed by atoms with Crippen molar-refractivity contribution < 1.29 is 0 Å². The van der Waals surface area contributed by atoms with Crippen LogP contribution in [0.15, 0.2) is 224 Å². The molecule has 10 aromatic carbocycles. The molecule has 0 bridgehead atoms. The third-order valence-electron chi connectivity index (χ3n) is 10.8. The third kappa shape index (κ3) is 5.84. The number of hydrogen-bond donors (Lipinski definition) is 0. The highest BCUT2D eigenvalue weighted by molar-refractivity contribution is 6.33. The maximum Gasteiger partial charge on any atom is 0.0462 e. The molecule has 0 unspecified atom stereocenters. The normalized spacial score (nSPS) is 11.3. The third-order valence-corrected chi connectivity index (χ3v) is 10.8. The predicted octanol–water partition coefficient (Wildman–Crippen LogP) is 15.3. The van der Waals surface area contributed by atoms with E-state index in [-0.39, 0.29) is 0 Å². The molecule has 0 aromatic heterocycles. The van der Waals surface area contributed by atoms with Gasteiger partial charge in [0, 0.05) is 17.1 Å². The summed E-state index contributed by atoms with van der Waals surface area (Å²) < 4.78 is 0. The largest absolute Gasteiger partial charge is 0.311 e. The van der Waals surface area contributed by atoms with Crippen molar-refractivity contribution in [3.05, 3.63) is 224 Å². The average Bonchev–Trinajstić information content (AvgIpc) is 3.27. The zero-order valence-corrected chi connectivity index (χ0v) is 30.3. The predicted molar refractivity (Wildman–Crippen MR) is 235 cm³/mol. The van der Waals surface area contributed by atoms with Crippen LogP contribution < -0.4 is 4.90 Å². The van der Waals surface area contributed by atoms with Gasteiger partial charge in [-0.2, -0.15) is 0 Å². The van der Waals surface area contributed by atoms with Gasteiger partial charge in [0.05, 0.1) is 0 Å². The fourth-order valence-corrected chi connectivity index (χ4v) is 8.33. The monoisotopic (exact) mass is 699 g/mol. The molecule has 0 aliphatic rings.